The highest BCUT2D eigenvalue weighted by atomic mass is 127. The fourth-order valence-electron chi connectivity index (χ4n) is 2.73. The van der Waals surface area contributed by atoms with E-state index in [1.54, 1.807) is 0 Å². The molecule has 0 saturated heterocycles. The first-order valence-corrected chi connectivity index (χ1v) is 9.52. The minimum atomic E-state index is 0. The first kappa shape index (κ1) is 25.6. The second kappa shape index (κ2) is 14.7. The van der Waals surface area contributed by atoms with Crippen molar-refractivity contribution < 1.29 is 4.79 Å². The lowest BCUT2D eigenvalue weighted by atomic mass is 10.1. The molecule has 0 aliphatic heterocycles. The zero-order valence-corrected chi connectivity index (χ0v) is 19.7. The van der Waals surface area contributed by atoms with Crippen LogP contribution in [0, 0.1) is 0 Å². The molecule has 0 aromatic heterocycles. The van der Waals surface area contributed by atoms with Gasteiger partial charge in [0, 0.05) is 39.1 Å². The number of hydrogen-bond acceptors (Lipinski definition) is 3. The molecule has 1 aromatic carbocycles. The maximum atomic E-state index is 12.1. The summed E-state index contributed by atoms with van der Waals surface area (Å²) in [7, 11) is 4.13. The summed E-state index contributed by atoms with van der Waals surface area (Å²) in [5, 5.41) is 6.49. The van der Waals surface area contributed by atoms with Gasteiger partial charge in [0.1, 0.15) is 0 Å². The van der Waals surface area contributed by atoms with E-state index in [0.717, 1.165) is 32.1 Å². The molecule has 0 unspecified atom stereocenters. The quantitative estimate of drug-likeness (QED) is 0.302. The number of carbonyl (C=O) groups excluding carboxylic acids is 1. The van der Waals surface area contributed by atoms with Crippen LogP contribution in [0.5, 0.6) is 0 Å². The van der Waals surface area contributed by atoms with Crippen molar-refractivity contribution in [2.75, 3.05) is 40.3 Å². The average Bonchev–Trinajstić information content (AvgIpc) is 2.60. The Morgan fingerprint density at radius 2 is 1.74 bits per heavy atom. The predicted octanol–water partition coefficient (Wildman–Crippen LogP) is 2.68. The van der Waals surface area contributed by atoms with Crippen molar-refractivity contribution in [2.45, 2.75) is 40.3 Å². The molecule has 1 amide bonds. The Balaban J connectivity index is 0.00000676. The van der Waals surface area contributed by atoms with Crippen molar-refractivity contribution in [2.24, 2.45) is 4.99 Å². The van der Waals surface area contributed by atoms with Crippen LogP contribution in [0.15, 0.2) is 29.3 Å². The van der Waals surface area contributed by atoms with E-state index in [4.69, 9.17) is 0 Å². The molecule has 0 spiro atoms. The van der Waals surface area contributed by atoms with Crippen LogP contribution in [0.1, 0.15) is 38.3 Å². The average molecular weight is 489 g/mol. The number of hydrogen-bond donors (Lipinski definition) is 2. The second-order valence-electron chi connectivity index (χ2n) is 6.50. The lowest BCUT2D eigenvalue weighted by molar-refractivity contribution is -0.130. The third-order valence-electron chi connectivity index (χ3n) is 4.00. The number of nitrogens with one attached hydrogen (secondary N) is 2. The van der Waals surface area contributed by atoms with Crippen LogP contribution in [-0.4, -0.2) is 61.9 Å². The Kier molecular flexibility index (Phi) is 13.9. The monoisotopic (exact) mass is 489 g/mol. The second-order valence-corrected chi connectivity index (χ2v) is 6.50. The van der Waals surface area contributed by atoms with Gasteiger partial charge in [0.2, 0.25) is 5.91 Å². The van der Waals surface area contributed by atoms with Crippen LogP contribution in [0.3, 0.4) is 0 Å². The summed E-state index contributed by atoms with van der Waals surface area (Å²) < 4.78 is 0. The van der Waals surface area contributed by atoms with E-state index in [0.29, 0.717) is 19.5 Å². The molecule has 1 rings (SSSR count). The van der Waals surface area contributed by atoms with E-state index in [1.165, 1.54) is 11.1 Å². The Hall–Kier alpha value is -1.35. The van der Waals surface area contributed by atoms with Gasteiger partial charge in [-0.1, -0.05) is 24.3 Å². The van der Waals surface area contributed by atoms with Crippen molar-refractivity contribution in [1.29, 1.82) is 0 Å². The number of amides is 1. The molecule has 0 aliphatic carbocycles. The first-order chi connectivity index (χ1) is 12.5. The molecule has 0 aliphatic rings. The minimum absolute atomic E-state index is 0. The molecular weight excluding hydrogens is 453 g/mol. The summed E-state index contributed by atoms with van der Waals surface area (Å²) in [5.41, 5.74) is 2.46. The van der Waals surface area contributed by atoms with Crippen LogP contribution in [0.25, 0.3) is 0 Å². The van der Waals surface area contributed by atoms with Crippen LogP contribution in [0.4, 0.5) is 0 Å². The number of aliphatic imine (C=N–C) groups is 1. The van der Waals surface area contributed by atoms with Crippen LogP contribution >= 0.6 is 24.0 Å². The molecule has 0 fully saturated rings. The van der Waals surface area contributed by atoms with Gasteiger partial charge in [-0.05, 0) is 46.0 Å². The highest BCUT2D eigenvalue weighted by Crippen LogP contribution is 2.08. The molecule has 0 bridgehead atoms. The Morgan fingerprint density at radius 3 is 2.33 bits per heavy atom. The molecule has 1 aromatic rings. The molecular formula is C20H36IN5O. The van der Waals surface area contributed by atoms with Gasteiger partial charge in [-0.2, -0.15) is 0 Å². The van der Waals surface area contributed by atoms with E-state index in [9.17, 15) is 4.79 Å². The summed E-state index contributed by atoms with van der Waals surface area (Å²) >= 11 is 0. The van der Waals surface area contributed by atoms with E-state index >= 15 is 0 Å². The number of nitrogens with zero attached hydrogens (tertiary/aromatic N) is 3. The summed E-state index contributed by atoms with van der Waals surface area (Å²) in [6, 6.07) is 8.50. The maximum absolute atomic E-state index is 12.1. The molecule has 0 atom stereocenters. The lowest BCUT2D eigenvalue weighted by Crippen LogP contribution is -2.40. The third-order valence-corrected chi connectivity index (χ3v) is 4.00. The van der Waals surface area contributed by atoms with Gasteiger partial charge >= 0.3 is 0 Å². The van der Waals surface area contributed by atoms with Gasteiger partial charge in [-0.25, -0.2) is 4.99 Å². The number of guanidine groups is 1. The highest BCUT2D eigenvalue weighted by molar-refractivity contribution is 14.0. The van der Waals surface area contributed by atoms with E-state index in [2.05, 4.69) is 58.9 Å². The highest BCUT2D eigenvalue weighted by Gasteiger charge is 2.09. The number of rotatable bonds is 10. The van der Waals surface area contributed by atoms with Crippen LogP contribution in [-0.2, 0) is 17.9 Å². The predicted molar refractivity (Wildman–Crippen MR) is 125 cm³/mol. The Bertz CT molecular complexity index is 573. The van der Waals surface area contributed by atoms with Gasteiger partial charge < -0.3 is 20.4 Å². The third kappa shape index (κ3) is 10.5. The summed E-state index contributed by atoms with van der Waals surface area (Å²) in [4.78, 5) is 20.7. The minimum Gasteiger partial charge on any atom is -0.357 e. The first-order valence-electron chi connectivity index (χ1n) is 9.52. The van der Waals surface area contributed by atoms with Gasteiger partial charge in [0.25, 0.3) is 0 Å². The lowest BCUT2D eigenvalue weighted by Gasteiger charge is -2.19. The van der Waals surface area contributed by atoms with Gasteiger partial charge in [0.05, 0.1) is 6.54 Å². The SMILES string of the molecule is CCNC(=NCc1cccc(CN(C)C)c1)NCCC(=O)N(CC)CC.I. The standard InChI is InChI=1S/C20H35N5O.HI/c1-6-21-20(22-13-12-19(26)25(7-2)8-3)23-15-17-10-9-11-18(14-17)16-24(4)5;/h9-11,14H,6-8,12-13,15-16H2,1-5H3,(H2,21,22,23);1H. The molecule has 0 saturated carbocycles. The fourth-order valence-corrected chi connectivity index (χ4v) is 2.73. The smallest absolute Gasteiger partial charge is 0.224 e. The molecule has 27 heavy (non-hydrogen) atoms. The number of carbonyl (C=O) groups is 1. The Morgan fingerprint density at radius 1 is 1.07 bits per heavy atom. The largest absolute Gasteiger partial charge is 0.357 e. The van der Waals surface area contributed by atoms with Crippen molar-refractivity contribution in [3.05, 3.63) is 35.4 Å². The van der Waals surface area contributed by atoms with Crippen molar-refractivity contribution >= 4 is 35.8 Å². The molecule has 2 N–H and O–H groups in total. The molecule has 154 valence electrons. The normalized spacial score (nSPS) is 11.1. The number of halogens is 1. The molecule has 0 radical (unpaired) electrons. The summed E-state index contributed by atoms with van der Waals surface area (Å²) in [6.07, 6.45) is 0.477. The van der Waals surface area contributed by atoms with Crippen molar-refractivity contribution in [1.82, 2.24) is 20.4 Å². The zero-order chi connectivity index (χ0) is 19.4. The molecule has 6 nitrogen and oxygen atoms in total. The van der Waals surface area contributed by atoms with E-state index in [-0.39, 0.29) is 29.9 Å². The fraction of sp³-hybridized carbons (Fsp3) is 0.600. The van der Waals surface area contributed by atoms with Crippen molar-refractivity contribution in [3.8, 4) is 0 Å². The van der Waals surface area contributed by atoms with Gasteiger partial charge in [-0.3, -0.25) is 4.79 Å². The van der Waals surface area contributed by atoms with E-state index in [1.807, 2.05) is 25.7 Å². The summed E-state index contributed by atoms with van der Waals surface area (Å²) in [6.45, 7) is 10.5. The van der Waals surface area contributed by atoms with Crippen LogP contribution in [0.2, 0.25) is 0 Å². The zero-order valence-electron chi connectivity index (χ0n) is 17.4. The van der Waals surface area contributed by atoms with Crippen LogP contribution < -0.4 is 10.6 Å². The Labute approximate surface area is 181 Å². The van der Waals surface area contributed by atoms with E-state index < -0.39 is 0 Å². The molecule has 7 heteroatoms. The maximum Gasteiger partial charge on any atom is 0.224 e. The number of benzene rings is 1. The van der Waals surface area contributed by atoms with Gasteiger partial charge in [0.15, 0.2) is 5.96 Å². The van der Waals surface area contributed by atoms with Gasteiger partial charge in [-0.15, -0.1) is 24.0 Å². The summed E-state index contributed by atoms with van der Waals surface area (Å²) in [5.74, 6) is 0.924. The topological polar surface area (TPSA) is 60.0 Å². The molecule has 0 heterocycles. The van der Waals surface area contributed by atoms with Crippen molar-refractivity contribution in [3.63, 3.8) is 0 Å².